The smallest absolute Gasteiger partial charge is 0.332 e. The predicted molar refractivity (Wildman–Crippen MR) is 166 cm³/mol. The number of hydrogen-bond donors (Lipinski definition) is 2. The first-order valence-electron chi connectivity index (χ1n) is 14.6. The third-order valence-electron chi connectivity index (χ3n) is 8.05. The zero-order valence-corrected chi connectivity index (χ0v) is 25.3. The highest BCUT2D eigenvalue weighted by atomic mass is 32.1. The quantitative estimate of drug-likeness (QED) is 0.310. The van der Waals surface area contributed by atoms with Crippen molar-refractivity contribution in [1.82, 2.24) is 30.1 Å². The summed E-state index contributed by atoms with van der Waals surface area (Å²) in [5.41, 5.74) is 9.31. The van der Waals surface area contributed by atoms with Crippen LogP contribution in [0.15, 0.2) is 72.8 Å². The van der Waals surface area contributed by atoms with Crippen molar-refractivity contribution in [3.63, 3.8) is 0 Å². The van der Waals surface area contributed by atoms with Crippen LogP contribution in [-0.4, -0.2) is 74.0 Å². The molecule has 0 aliphatic carbocycles. The summed E-state index contributed by atoms with van der Waals surface area (Å²) in [6.07, 6.45) is -0.217. The molecule has 12 heteroatoms. The molecule has 0 spiro atoms. The first-order chi connectivity index (χ1) is 21.2. The summed E-state index contributed by atoms with van der Waals surface area (Å²) in [6.45, 7) is 4.41. The van der Waals surface area contributed by atoms with Crippen LogP contribution in [0, 0.1) is 5.82 Å². The van der Waals surface area contributed by atoms with E-state index < -0.39 is 12.2 Å². The summed E-state index contributed by atoms with van der Waals surface area (Å²) in [7, 11) is 0. The van der Waals surface area contributed by atoms with Gasteiger partial charge < -0.3 is 20.9 Å². The summed E-state index contributed by atoms with van der Waals surface area (Å²) in [5.74, 6) is -0.719. The molecule has 44 heavy (non-hydrogen) atoms. The molecule has 4 amide bonds. The number of benzene rings is 3. The second-order valence-electron chi connectivity index (χ2n) is 11.3. The van der Waals surface area contributed by atoms with Crippen LogP contribution >= 0.6 is 11.3 Å². The fourth-order valence-corrected chi connectivity index (χ4v) is 6.85. The van der Waals surface area contributed by atoms with Crippen molar-refractivity contribution in [2.24, 2.45) is 0 Å². The van der Waals surface area contributed by atoms with Gasteiger partial charge in [0.15, 0.2) is 5.13 Å². The maximum absolute atomic E-state index is 14.1. The Bertz CT molecular complexity index is 1680. The number of amides is 4. The van der Waals surface area contributed by atoms with E-state index >= 15 is 0 Å². The van der Waals surface area contributed by atoms with Crippen LogP contribution in [0.1, 0.15) is 30.5 Å². The van der Waals surface area contributed by atoms with E-state index in [0.717, 1.165) is 26.9 Å². The Labute approximate surface area is 258 Å². The molecule has 3 aromatic carbocycles. The fourth-order valence-electron chi connectivity index (χ4n) is 6.07. The first-order valence-corrected chi connectivity index (χ1v) is 15.4. The summed E-state index contributed by atoms with van der Waals surface area (Å²) >= 11 is 1.39. The van der Waals surface area contributed by atoms with Gasteiger partial charge in [0, 0.05) is 25.6 Å². The maximum Gasteiger partial charge on any atom is 0.332 e. The summed E-state index contributed by atoms with van der Waals surface area (Å²) in [6, 6.07) is 20.0. The van der Waals surface area contributed by atoms with E-state index in [1.165, 1.54) is 23.5 Å². The van der Waals surface area contributed by atoms with Gasteiger partial charge in [-0.25, -0.2) is 14.2 Å². The van der Waals surface area contributed by atoms with Crippen molar-refractivity contribution in [2.75, 3.05) is 18.8 Å². The second kappa shape index (κ2) is 12.2. The molecule has 10 nitrogen and oxygen atoms in total. The molecule has 0 unspecified atom stereocenters. The van der Waals surface area contributed by atoms with E-state index in [-0.39, 0.29) is 55.9 Å². The van der Waals surface area contributed by atoms with Crippen molar-refractivity contribution >= 4 is 44.5 Å². The van der Waals surface area contributed by atoms with E-state index in [9.17, 15) is 18.8 Å². The highest BCUT2D eigenvalue weighted by Crippen LogP contribution is 2.33. The van der Waals surface area contributed by atoms with Crippen LogP contribution < -0.4 is 11.1 Å². The Morgan fingerprint density at radius 2 is 1.82 bits per heavy atom. The van der Waals surface area contributed by atoms with E-state index in [1.54, 1.807) is 32.0 Å². The molecule has 1 aromatic heterocycles. The highest BCUT2D eigenvalue weighted by molar-refractivity contribution is 7.22. The van der Waals surface area contributed by atoms with Gasteiger partial charge in [0.25, 0.3) is 0 Å². The summed E-state index contributed by atoms with van der Waals surface area (Å²) in [5, 5.41) is 6.70. The average molecular weight is 616 g/mol. The van der Waals surface area contributed by atoms with Gasteiger partial charge in [-0.3, -0.25) is 14.6 Å². The molecule has 3 heterocycles. The number of halogens is 1. The number of piperazine rings is 1. The van der Waals surface area contributed by atoms with Crippen LogP contribution in [0.25, 0.3) is 10.2 Å². The molecule has 0 radical (unpaired) electrons. The minimum Gasteiger partial charge on any atom is -0.375 e. The number of fused-ring (bicyclic) bond motifs is 2. The normalized spacial score (nSPS) is 18.7. The van der Waals surface area contributed by atoms with Gasteiger partial charge in [0.2, 0.25) is 11.8 Å². The molecule has 228 valence electrons. The van der Waals surface area contributed by atoms with E-state index in [0.29, 0.717) is 11.6 Å². The van der Waals surface area contributed by atoms with Crippen LogP contribution in [0.4, 0.5) is 14.3 Å². The van der Waals surface area contributed by atoms with Crippen LogP contribution in [0.5, 0.6) is 0 Å². The third-order valence-corrected chi connectivity index (χ3v) is 8.90. The van der Waals surface area contributed by atoms with Gasteiger partial charge in [-0.05, 0) is 48.7 Å². The SMILES string of the molecule is CC(C)N(C(=O)NCc1ccc(F)cc1)N1CC(=O)N2[C@@H](Cc3ccccc3)C(=O)N(Cc3cccc4sc(N)nc34)C[C@@H]21. The van der Waals surface area contributed by atoms with E-state index in [2.05, 4.69) is 10.3 Å². The molecule has 2 saturated heterocycles. The number of rotatable bonds is 8. The minimum absolute atomic E-state index is 0.0442. The molecule has 0 saturated carbocycles. The molecule has 2 fully saturated rings. The second-order valence-corrected chi connectivity index (χ2v) is 12.4. The highest BCUT2D eigenvalue weighted by Gasteiger charge is 2.52. The lowest BCUT2D eigenvalue weighted by atomic mass is 10.00. The maximum atomic E-state index is 14.1. The number of nitrogens with zero attached hydrogens (tertiary/aromatic N) is 5. The lowest BCUT2D eigenvalue weighted by Gasteiger charge is -2.47. The minimum atomic E-state index is -0.746. The Balaban J connectivity index is 1.31. The van der Waals surface area contributed by atoms with Crippen molar-refractivity contribution < 1.29 is 18.8 Å². The number of anilines is 1. The zero-order chi connectivity index (χ0) is 31.0. The first kappa shape index (κ1) is 29.5. The lowest BCUT2D eigenvalue weighted by molar-refractivity contribution is -0.158. The molecule has 3 N–H and O–H groups in total. The van der Waals surface area contributed by atoms with Gasteiger partial charge in [-0.15, -0.1) is 0 Å². The van der Waals surface area contributed by atoms with Crippen LogP contribution in [-0.2, 0) is 29.1 Å². The van der Waals surface area contributed by atoms with E-state index in [4.69, 9.17) is 5.73 Å². The molecule has 2 atom stereocenters. The summed E-state index contributed by atoms with van der Waals surface area (Å²) in [4.78, 5) is 49.4. The Kier molecular flexibility index (Phi) is 8.19. The number of nitrogens with two attached hydrogens (primary N) is 1. The Hall–Kier alpha value is -4.55. The van der Waals surface area contributed by atoms with Gasteiger partial charge in [0.05, 0.1) is 23.3 Å². The van der Waals surface area contributed by atoms with Gasteiger partial charge >= 0.3 is 6.03 Å². The topological polar surface area (TPSA) is 115 Å². The standard InChI is InChI=1S/C32H34FN7O3S/c1-20(2)40(32(43)35-16-22-11-13-24(33)14-12-22)38-19-28(41)39-25(15-21-7-4-3-5-8-21)30(42)37(18-27(38)39)17-23-9-6-10-26-29(23)36-31(34)44-26/h3-14,20,25,27H,15-19H2,1-2H3,(H2,34,36)(H,35,43)/t25-,27+/m0/s1. The summed E-state index contributed by atoms with van der Waals surface area (Å²) < 4.78 is 14.3. The Morgan fingerprint density at radius 3 is 2.55 bits per heavy atom. The molecule has 0 bridgehead atoms. The predicted octanol–water partition coefficient (Wildman–Crippen LogP) is 3.98. The van der Waals surface area contributed by atoms with E-state index in [1.807, 2.05) is 62.4 Å². The third kappa shape index (κ3) is 5.82. The number of nitrogen functional groups attached to an aromatic ring is 1. The number of hydrogen-bond acceptors (Lipinski definition) is 7. The number of aromatic nitrogens is 1. The van der Waals surface area contributed by atoms with Crippen molar-refractivity contribution in [1.29, 1.82) is 0 Å². The largest absolute Gasteiger partial charge is 0.375 e. The van der Waals surface area contributed by atoms with Crippen molar-refractivity contribution in [2.45, 2.75) is 51.6 Å². The number of urea groups is 1. The molecular weight excluding hydrogens is 581 g/mol. The number of nitrogens with one attached hydrogen (secondary N) is 1. The van der Waals surface area contributed by atoms with Gasteiger partial charge in [0.1, 0.15) is 18.0 Å². The van der Waals surface area contributed by atoms with Crippen LogP contribution in [0.3, 0.4) is 0 Å². The average Bonchev–Trinajstić information content (AvgIpc) is 3.54. The molecule has 6 rings (SSSR count). The van der Waals surface area contributed by atoms with Crippen molar-refractivity contribution in [3.8, 4) is 0 Å². The van der Waals surface area contributed by atoms with Crippen LogP contribution in [0.2, 0.25) is 0 Å². The lowest BCUT2D eigenvalue weighted by Crippen LogP contribution is -2.66. The number of para-hydroxylation sites is 1. The number of carbonyl (C=O) groups excluding carboxylic acids is 3. The fraction of sp³-hybridized carbons (Fsp3) is 0.312. The van der Waals surface area contributed by atoms with Gasteiger partial charge in [-0.1, -0.05) is 65.9 Å². The number of hydrazine groups is 1. The molecule has 4 aromatic rings. The molecular formula is C32H34FN7O3S. The number of thiazole rings is 1. The molecule has 2 aliphatic rings. The number of carbonyl (C=O) groups is 3. The zero-order valence-electron chi connectivity index (χ0n) is 24.5. The molecule has 2 aliphatic heterocycles. The van der Waals surface area contributed by atoms with Gasteiger partial charge in [-0.2, -0.15) is 5.01 Å². The Morgan fingerprint density at radius 1 is 1.07 bits per heavy atom. The monoisotopic (exact) mass is 615 g/mol. The van der Waals surface area contributed by atoms with Crippen molar-refractivity contribution in [3.05, 3.63) is 95.3 Å².